The van der Waals surface area contributed by atoms with Crippen LogP contribution in [0.1, 0.15) is 30.9 Å². The van der Waals surface area contributed by atoms with E-state index in [-0.39, 0.29) is 12.3 Å². The van der Waals surface area contributed by atoms with Crippen LogP contribution in [0.2, 0.25) is 0 Å². The molecular weight excluding hydrogens is 242 g/mol. The molecule has 1 saturated carbocycles. The lowest BCUT2D eigenvalue weighted by molar-refractivity contribution is -0.0526. The summed E-state index contributed by atoms with van der Waals surface area (Å²) in [6.45, 7) is 1.41. The highest BCUT2D eigenvalue weighted by Crippen LogP contribution is 2.28. The van der Waals surface area contributed by atoms with Gasteiger partial charge in [0.1, 0.15) is 5.75 Å². The summed E-state index contributed by atoms with van der Waals surface area (Å²) >= 11 is 0. The molecule has 2 aliphatic rings. The molecular formula is C15H21NO3. The Bertz CT molecular complexity index is 396. The quantitative estimate of drug-likeness (QED) is 0.854. The Morgan fingerprint density at radius 3 is 2.47 bits per heavy atom. The van der Waals surface area contributed by atoms with Crippen molar-refractivity contribution in [3.63, 3.8) is 0 Å². The lowest BCUT2D eigenvalue weighted by atomic mass is 10.0. The van der Waals surface area contributed by atoms with Gasteiger partial charge in [0, 0.05) is 12.5 Å². The van der Waals surface area contributed by atoms with E-state index in [4.69, 9.17) is 14.2 Å². The van der Waals surface area contributed by atoms with Crippen LogP contribution in [-0.2, 0) is 9.47 Å². The third kappa shape index (κ3) is 3.47. The van der Waals surface area contributed by atoms with Crippen LogP contribution in [0, 0.1) is 0 Å². The van der Waals surface area contributed by atoms with Gasteiger partial charge in [-0.1, -0.05) is 12.1 Å². The largest absolute Gasteiger partial charge is 0.490 e. The van der Waals surface area contributed by atoms with Crippen molar-refractivity contribution in [2.24, 2.45) is 0 Å². The number of hydrogen-bond acceptors (Lipinski definition) is 4. The minimum atomic E-state index is -0.0835. The maximum Gasteiger partial charge on any atom is 0.159 e. The van der Waals surface area contributed by atoms with Crippen molar-refractivity contribution in [2.45, 2.75) is 37.7 Å². The van der Waals surface area contributed by atoms with Crippen molar-refractivity contribution >= 4 is 0 Å². The SMILES string of the molecule is CNC(CC1OCCO1)c1ccc(OC2CC2)cc1. The van der Waals surface area contributed by atoms with Crippen molar-refractivity contribution in [1.29, 1.82) is 0 Å². The third-order valence-electron chi connectivity index (χ3n) is 3.58. The van der Waals surface area contributed by atoms with Gasteiger partial charge in [-0.2, -0.15) is 0 Å². The highest BCUT2D eigenvalue weighted by molar-refractivity contribution is 5.29. The lowest BCUT2D eigenvalue weighted by Crippen LogP contribution is -2.22. The van der Waals surface area contributed by atoms with E-state index in [9.17, 15) is 0 Å². The maximum absolute atomic E-state index is 5.76. The number of nitrogens with one attached hydrogen (secondary N) is 1. The Balaban J connectivity index is 1.60. The molecule has 0 amide bonds. The molecule has 0 aromatic heterocycles. The zero-order valence-corrected chi connectivity index (χ0v) is 11.3. The van der Waals surface area contributed by atoms with Crippen LogP contribution in [0.5, 0.6) is 5.75 Å². The van der Waals surface area contributed by atoms with Gasteiger partial charge < -0.3 is 19.5 Å². The average molecular weight is 263 g/mol. The summed E-state index contributed by atoms with van der Waals surface area (Å²) in [4.78, 5) is 0. The first-order valence-corrected chi connectivity index (χ1v) is 7.02. The predicted molar refractivity (Wildman–Crippen MR) is 72.2 cm³/mol. The van der Waals surface area contributed by atoms with E-state index in [2.05, 4.69) is 17.4 Å². The molecule has 4 nitrogen and oxygen atoms in total. The fourth-order valence-corrected chi connectivity index (χ4v) is 2.31. The Labute approximate surface area is 114 Å². The molecule has 2 fully saturated rings. The Kier molecular flexibility index (Phi) is 4.01. The van der Waals surface area contributed by atoms with E-state index in [1.165, 1.54) is 18.4 Å². The topological polar surface area (TPSA) is 39.7 Å². The molecule has 1 atom stereocenters. The Morgan fingerprint density at radius 1 is 1.21 bits per heavy atom. The van der Waals surface area contributed by atoms with Crippen LogP contribution in [-0.4, -0.2) is 32.7 Å². The molecule has 1 unspecified atom stereocenters. The van der Waals surface area contributed by atoms with E-state index in [1.54, 1.807) is 0 Å². The van der Waals surface area contributed by atoms with Gasteiger partial charge in [-0.25, -0.2) is 0 Å². The first-order valence-electron chi connectivity index (χ1n) is 7.02. The zero-order chi connectivity index (χ0) is 13.1. The first kappa shape index (κ1) is 12.9. The second kappa shape index (κ2) is 5.90. The van der Waals surface area contributed by atoms with Gasteiger partial charge in [0.05, 0.1) is 19.3 Å². The van der Waals surface area contributed by atoms with Crippen molar-refractivity contribution in [3.05, 3.63) is 29.8 Å². The highest BCUT2D eigenvalue weighted by Gasteiger charge is 2.24. The molecule has 19 heavy (non-hydrogen) atoms. The molecule has 0 radical (unpaired) electrons. The normalized spacial score (nSPS) is 21.5. The first-order chi connectivity index (χ1) is 9.35. The molecule has 1 aliphatic carbocycles. The predicted octanol–water partition coefficient (Wildman–Crippen LogP) is 2.25. The summed E-state index contributed by atoms with van der Waals surface area (Å²) in [6.07, 6.45) is 3.58. The second-order valence-corrected chi connectivity index (χ2v) is 5.13. The molecule has 1 aromatic rings. The number of hydrogen-bond donors (Lipinski definition) is 1. The fraction of sp³-hybridized carbons (Fsp3) is 0.600. The molecule has 0 bridgehead atoms. The van der Waals surface area contributed by atoms with Crippen LogP contribution in [0.3, 0.4) is 0 Å². The van der Waals surface area contributed by atoms with Crippen LogP contribution in [0.15, 0.2) is 24.3 Å². The molecule has 1 saturated heterocycles. The van der Waals surface area contributed by atoms with Crippen LogP contribution in [0.4, 0.5) is 0 Å². The number of rotatable bonds is 6. The molecule has 1 aliphatic heterocycles. The summed E-state index contributed by atoms with van der Waals surface area (Å²) in [5, 5.41) is 3.32. The van der Waals surface area contributed by atoms with Gasteiger partial charge in [-0.3, -0.25) is 0 Å². The van der Waals surface area contributed by atoms with E-state index in [0.717, 1.165) is 12.2 Å². The van der Waals surface area contributed by atoms with Gasteiger partial charge in [0.15, 0.2) is 6.29 Å². The van der Waals surface area contributed by atoms with Crippen molar-refractivity contribution in [1.82, 2.24) is 5.32 Å². The Hall–Kier alpha value is -1.10. The standard InChI is InChI=1S/C15H21NO3/c1-16-14(10-15-17-8-9-18-15)11-2-4-12(5-3-11)19-13-6-7-13/h2-5,13-16H,6-10H2,1H3. The third-order valence-corrected chi connectivity index (χ3v) is 3.58. The number of benzene rings is 1. The van der Waals surface area contributed by atoms with Crippen molar-refractivity contribution in [2.75, 3.05) is 20.3 Å². The molecule has 3 rings (SSSR count). The molecule has 4 heteroatoms. The smallest absolute Gasteiger partial charge is 0.159 e. The van der Waals surface area contributed by atoms with Gasteiger partial charge in [0.2, 0.25) is 0 Å². The van der Waals surface area contributed by atoms with E-state index >= 15 is 0 Å². The maximum atomic E-state index is 5.76. The second-order valence-electron chi connectivity index (χ2n) is 5.13. The zero-order valence-electron chi connectivity index (χ0n) is 11.3. The molecule has 104 valence electrons. The molecule has 1 N–H and O–H groups in total. The fourth-order valence-electron chi connectivity index (χ4n) is 2.31. The molecule has 1 heterocycles. The summed E-state index contributed by atoms with van der Waals surface area (Å²) < 4.78 is 16.8. The molecule has 0 spiro atoms. The van der Waals surface area contributed by atoms with Gasteiger partial charge in [0.25, 0.3) is 0 Å². The summed E-state index contributed by atoms with van der Waals surface area (Å²) in [6, 6.07) is 8.59. The van der Waals surface area contributed by atoms with Crippen LogP contribution >= 0.6 is 0 Å². The average Bonchev–Trinajstić information content (AvgIpc) is 3.10. The van der Waals surface area contributed by atoms with Gasteiger partial charge in [-0.15, -0.1) is 0 Å². The lowest BCUT2D eigenvalue weighted by Gasteiger charge is -2.20. The van der Waals surface area contributed by atoms with Crippen molar-refractivity contribution < 1.29 is 14.2 Å². The number of ether oxygens (including phenoxy) is 3. The van der Waals surface area contributed by atoms with E-state index < -0.39 is 0 Å². The van der Waals surface area contributed by atoms with E-state index in [1.807, 2.05) is 19.2 Å². The monoisotopic (exact) mass is 263 g/mol. The summed E-state index contributed by atoms with van der Waals surface area (Å²) in [5.41, 5.74) is 1.24. The minimum Gasteiger partial charge on any atom is -0.490 e. The van der Waals surface area contributed by atoms with Gasteiger partial charge >= 0.3 is 0 Å². The Morgan fingerprint density at radius 2 is 1.89 bits per heavy atom. The van der Waals surface area contributed by atoms with Crippen molar-refractivity contribution in [3.8, 4) is 5.75 Å². The van der Waals surface area contributed by atoms with Crippen LogP contribution in [0.25, 0.3) is 0 Å². The highest BCUT2D eigenvalue weighted by atomic mass is 16.7. The van der Waals surface area contributed by atoms with Crippen LogP contribution < -0.4 is 10.1 Å². The molecule has 1 aromatic carbocycles. The minimum absolute atomic E-state index is 0.0835. The summed E-state index contributed by atoms with van der Waals surface area (Å²) in [5.74, 6) is 0.967. The summed E-state index contributed by atoms with van der Waals surface area (Å²) in [7, 11) is 1.97. The van der Waals surface area contributed by atoms with E-state index in [0.29, 0.717) is 19.3 Å². The van der Waals surface area contributed by atoms with Gasteiger partial charge in [-0.05, 0) is 37.6 Å².